The standard InChI is InChI=1S/C14H20N4O3/c1-14(2,3)12(7-8-20-13(15)19)21-11-6-4-5-10(9-11)17-18-16/h4-6,9,12H,7-8H2,1-3H3,(H2,15,19). The van der Waals surface area contributed by atoms with Crippen LogP contribution < -0.4 is 10.5 Å². The monoisotopic (exact) mass is 292 g/mol. The number of hydrogen-bond acceptors (Lipinski definition) is 4. The van der Waals surface area contributed by atoms with Crippen molar-refractivity contribution in [3.8, 4) is 5.75 Å². The van der Waals surface area contributed by atoms with Crippen LogP contribution in [0.1, 0.15) is 27.2 Å². The first-order valence-corrected chi connectivity index (χ1v) is 6.57. The molecule has 0 aromatic heterocycles. The molecule has 1 aromatic rings. The van der Waals surface area contributed by atoms with E-state index >= 15 is 0 Å². The molecule has 1 aromatic carbocycles. The average Bonchev–Trinajstić information content (AvgIpc) is 2.37. The van der Waals surface area contributed by atoms with Gasteiger partial charge in [-0.3, -0.25) is 0 Å². The van der Waals surface area contributed by atoms with Gasteiger partial charge in [0, 0.05) is 17.0 Å². The largest absolute Gasteiger partial charge is 0.490 e. The zero-order valence-corrected chi connectivity index (χ0v) is 12.4. The molecule has 114 valence electrons. The van der Waals surface area contributed by atoms with Gasteiger partial charge in [0.2, 0.25) is 0 Å². The molecule has 1 rings (SSSR count). The molecular formula is C14H20N4O3. The van der Waals surface area contributed by atoms with E-state index < -0.39 is 6.09 Å². The molecule has 0 aliphatic heterocycles. The highest BCUT2D eigenvalue weighted by molar-refractivity contribution is 5.64. The number of rotatable bonds is 6. The number of hydrogen-bond donors (Lipinski definition) is 1. The lowest BCUT2D eigenvalue weighted by Gasteiger charge is -2.31. The van der Waals surface area contributed by atoms with E-state index in [-0.39, 0.29) is 18.1 Å². The van der Waals surface area contributed by atoms with Crippen LogP contribution >= 0.6 is 0 Å². The molecule has 1 amide bonds. The minimum Gasteiger partial charge on any atom is -0.490 e. The van der Waals surface area contributed by atoms with E-state index in [4.69, 9.17) is 20.7 Å². The molecule has 0 heterocycles. The second kappa shape index (κ2) is 7.40. The lowest BCUT2D eigenvalue weighted by molar-refractivity contribution is 0.0560. The highest BCUT2D eigenvalue weighted by Gasteiger charge is 2.26. The molecule has 0 bridgehead atoms. The molecular weight excluding hydrogens is 272 g/mol. The summed E-state index contributed by atoms with van der Waals surface area (Å²) in [6.45, 7) is 6.27. The maximum absolute atomic E-state index is 10.6. The third kappa shape index (κ3) is 6.05. The van der Waals surface area contributed by atoms with Crippen LogP contribution in [-0.4, -0.2) is 18.8 Å². The molecule has 1 atom stereocenters. The fraction of sp³-hybridized carbons (Fsp3) is 0.500. The van der Waals surface area contributed by atoms with Gasteiger partial charge < -0.3 is 15.2 Å². The number of nitrogens with zero attached hydrogens (tertiary/aromatic N) is 3. The van der Waals surface area contributed by atoms with Gasteiger partial charge in [0.25, 0.3) is 0 Å². The van der Waals surface area contributed by atoms with Crippen molar-refractivity contribution in [2.75, 3.05) is 6.61 Å². The molecule has 2 N–H and O–H groups in total. The summed E-state index contributed by atoms with van der Waals surface area (Å²) in [5.74, 6) is 0.596. The Labute approximate surface area is 123 Å². The van der Waals surface area contributed by atoms with Crippen LogP contribution in [-0.2, 0) is 4.74 Å². The van der Waals surface area contributed by atoms with Crippen LogP contribution in [0.15, 0.2) is 29.4 Å². The Hall–Kier alpha value is -2.40. The van der Waals surface area contributed by atoms with Crippen LogP contribution in [0.25, 0.3) is 10.4 Å². The summed E-state index contributed by atoms with van der Waals surface area (Å²) in [5, 5.41) is 3.54. The molecule has 1 unspecified atom stereocenters. The van der Waals surface area contributed by atoms with Gasteiger partial charge in [-0.2, -0.15) is 0 Å². The highest BCUT2D eigenvalue weighted by atomic mass is 16.5. The first-order chi connectivity index (χ1) is 9.82. The first-order valence-electron chi connectivity index (χ1n) is 6.57. The van der Waals surface area contributed by atoms with Gasteiger partial charge in [0.15, 0.2) is 0 Å². The van der Waals surface area contributed by atoms with Crippen molar-refractivity contribution in [1.82, 2.24) is 0 Å². The molecule has 0 spiro atoms. The summed E-state index contributed by atoms with van der Waals surface area (Å²) < 4.78 is 10.7. The third-order valence-electron chi connectivity index (χ3n) is 2.85. The van der Waals surface area contributed by atoms with Crippen molar-refractivity contribution in [2.45, 2.75) is 33.3 Å². The number of primary amides is 1. The number of azide groups is 1. The maximum Gasteiger partial charge on any atom is 0.404 e. The summed E-state index contributed by atoms with van der Waals surface area (Å²) in [6, 6.07) is 6.88. The zero-order valence-electron chi connectivity index (χ0n) is 12.4. The predicted molar refractivity (Wildman–Crippen MR) is 79.3 cm³/mol. The Morgan fingerprint density at radius 2 is 2.19 bits per heavy atom. The predicted octanol–water partition coefficient (Wildman–Crippen LogP) is 3.91. The average molecular weight is 292 g/mol. The van der Waals surface area contributed by atoms with Crippen molar-refractivity contribution in [3.05, 3.63) is 34.7 Å². The Balaban J connectivity index is 2.78. The molecule has 21 heavy (non-hydrogen) atoms. The lowest BCUT2D eigenvalue weighted by Crippen LogP contribution is -2.34. The van der Waals surface area contributed by atoms with Crippen LogP contribution in [0.5, 0.6) is 5.75 Å². The molecule has 0 radical (unpaired) electrons. The van der Waals surface area contributed by atoms with Crippen molar-refractivity contribution < 1.29 is 14.3 Å². The Kier molecular flexibility index (Phi) is 5.87. The van der Waals surface area contributed by atoms with Crippen molar-refractivity contribution in [1.29, 1.82) is 0 Å². The minimum atomic E-state index is -0.798. The van der Waals surface area contributed by atoms with Crippen LogP contribution in [0.2, 0.25) is 0 Å². The molecule has 0 saturated heterocycles. The van der Waals surface area contributed by atoms with E-state index in [9.17, 15) is 4.79 Å². The third-order valence-corrected chi connectivity index (χ3v) is 2.85. The topological polar surface area (TPSA) is 110 Å². The fourth-order valence-corrected chi connectivity index (χ4v) is 1.77. The van der Waals surface area contributed by atoms with E-state index in [0.29, 0.717) is 17.9 Å². The van der Waals surface area contributed by atoms with Gasteiger partial charge in [0.05, 0.1) is 6.61 Å². The van der Waals surface area contributed by atoms with Gasteiger partial charge in [-0.25, -0.2) is 4.79 Å². The highest BCUT2D eigenvalue weighted by Crippen LogP contribution is 2.29. The maximum atomic E-state index is 10.6. The summed E-state index contributed by atoms with van der Waals surface area (Å²) in [7, 11) is 0. The Bertz CT molecular complexity index is 533. The normalized spacial score (nSPS) is 12.1. The van der Waals surface area contributed by atoms with Gasteiger partial charge in [-0.1, -0.05) is 38.0 Å². The number of nitrogens with two attached hydrogens (primary N) is 1. The molecule has 0 saturated carbocycles. The van der Waals surface area contributed by atoms with E-state index in [0.717, 1.165) is 0 Å². The SMILES string of the molecule is CC(C)(C)C(CCOC(N)=O)Oc1cccc(N=[N+]=[N-])c1. The van der Waals surface area contributed by atoms with E-state index in [2.05, 4.69) is 10.0 Å². The van der Waals surface area contributed by atoms with Crippen LogP contribution in [0.3, 0.4) is 0 Å². The van der Waals surface area contributed by atoms with E-state index in [1.165, 1.54) is 0 Å². The van der Waals surface area contributed by atoms with Gasteiger partial charge in [-0.05, 0) is 23.1 Å². The van der Waals surface area contributed by atoms with Crippen molar-refractivity contribution in [3.63, 3.8) is 0 Å². The smallest absolute Gasteiger partial charge is 0.404 e. The Morgan fingerprint density at radius 3 is 2.76 bits per heavy atom. The summed E-state index contributed by atoms with van der Waals surface area (Å²) in [6.07, 6.45) is -0.468. The van der Waals surface area contributed by atoms with Crippen molar-refractivity contribution in [2.24, 2.45) is 16.3 Å². The van der Waals surface area contributed by atoms with E-state index in [1.807, 2.05) is 20.8 Å². The fourth-order valence-electron chi connectivity index (χ4n) is 1.77. The molecule has 0 aliphatic rings. The molecule has 0 fully saturated rings. The molecule has 0 aliphatic carbocycles. The van der Waals surface area contributed by atoms with Gasteiger partial charge >= 0.3 is 6.09 Å². The number of benzene rings is 1. The minimum absolute atomic E-state index is 0.157. The number of carbonyl (C=O) groups is 1. The lowest BCUT2D eigenvalue weighted by atomic mass is 9.87. The van der Waals surface area contributed by atoms with Crippen LogP contribution in [0, 0.1) is 5.41 Å². The summed E-state index contributed by atoms with van der Waals surface area (Å²) in [4.78, 5) is 13.4. The number of amides is 1. The first kappa shape index (κ1) is 16.7. The summed E-state index contributed by atoms with van der Waals surface area (Å²) in [5.41, 5.74) is 13.7. The van der Waals surface area contributed by atoms with E-state index in [1.54, 1.807) is 24.3 Å². The quantitative estimate of drug-likeness (QED) is 0.487. The van der Waals surface area contributed by atoms with Crippen LogP contribution in [0.4, 0.5) is 10.5 Å². The summed E-state index contributed by atoms with van der Waals surface area (Å²) >= 11 is 0. The van der Waals surface area contributed by atoms with Gasteiger partial charge in [0.1, 0.15) is 11.9 Å². The molecule has 7 nitrogen and oxygen atoms in total. The van der Waals surface area contributed by atoms with Crippen molar-refractivity contribution >= 4 is 11.8 Å². The molecule has 7 heteroatoms. The number of carbonyl (C=O) groups excluding carboxylic acids is 1. The second-order valence-electron chi connectivity index (χ2n) is 5.62. The Morgan fingerprint density at radius 1 is 1.48 bits per heavy atom. The second-order valence-corrected chi connectivity index (χ2v) is 5.62. The van der Waals surface area contributed by atoms with Gasteiger partial charge in [-0.15, -0.1) is 0 Å². The number of ether oxygens (including phenoxy) is 2. The zero-order chi connectivity index (χ0) is 15.9.